The summed E-state index contributed by atoms with van der Waals surface area (Å²) in [5.41, 5.74) is 7.74. The fourth-order valence-electron chi connectivity index (χ4n) is 3.47. The molecular formula is C16H23N7O+2. The summed E-state index contributed by atoms with van der Waals surface area (Å²) in [4.78, 5) is 26.9. The van der Waals surface area contributed by atoms with Crippen LogP contribution in [0.5, 0.6) is 0 Å². The number of nitrogens with two attached hydrogens (primary N) is 1. The molecule has 1 aliphatic rings. The standard InChI is InChI=1S/C16H21N7O/c17-15-19-11-9-13-12(8-10(11)14(24)22-15)20-16(21-13)18-4-7-23-5-2-1-3-6-23/h8-9H,1-7H2,(H2,18,20,21)(H3,17,19,22,24)/p+2. The summed E-state index contributed by atoms with van der Waals surface area (Å²) in [5.74, 6) is 0.978. The highest BCUT2D eigenvalue weighted by molar-refractivity contribution is 5.91. The Morgan fingerprint density at radius 1 is 1.25 bits per heavy atom. The van der Waals surface area contributed by atoms with E-state index in [9.17, 15) is 4.79 Å². The Kier molecular flexibility index (Phi) is 3.81. The van der Waals surface area contributed by atoms with E-state index in [1.54, 1.807) is 11.0 Å². The first-order valence-corrected chi connectivity index (χ1v) is 8.51. The van der Waals surface area contributed by atoms with E-state index in [-0.39, 0.29) is 11.5 Å². The molecule has 0 saturated carbocycles. The number of nitrogens with zero attached hydrogens (tertiary/aromatic N) is 1. The molecule has 0 atom stereocenters. The summed E-state index contributed by atoms with van der Waals surface area (Å²) in [6.07, 6.45) is 4.05. The van der Waals surface area contributed by atoms with Crippen molar-refractivity contribution in [3.05, 3.63) is 22.5 Å². The van der Waals surface area contributed by atoms with Gasteiger partial charge in [0, 0.05) is 6.07 Å². The second-order valence-electron chi connectivity index (χ2n) is 6.48. The van der Waals surface area contributed by atoms with Crippen LogP contribution < -0.4 is 26.5 Å². The molecule has 1 aliphatic heterocycles. The predicted octanol–water partition coefficient (Wildman–Crippen LogP) is -0.719. The maximum atomic E-state index is 12.0. The fraction of sp³-hybridized carbons (Fsp3) is 0.438. The highest BCUT2D eigenvalue weighted by Gasteiger charge is 2.15. The van der Waals surface area contributed by atoms with Gasteiger partial charge in [-0.05, 0) is 25.3 Å². The van der Waals surface area contributed by atoms with Crippen LogP contribution in [0.4, 0.5) is 11.9 Å². The van der Waals surface area contributed by atoms with E-state index in [1.807, 2.05) is 6.07 Å². The van der Waals surface area contributed by atoms with Gasteiger partial charge in [-0.15, -0.1) is 0 Å². The number of nitrogen functional groups attached to an aromatic ring is 1. The number of rotatable bonds is 4. The van der Waals surface area contributed by atoms with Gasteiger partial charge in [-0.3, -0.25) is 15.1 Å². The van der Waals surface area contributed by atoms with Gasteiger partial charge in [0.25, 0.3) is 5.56 Å². The van der Waals surface area contributed by atoms with Crippen molar-refractivity contribution in [2.45, 2.75) is 19.3 Å². The third-order valence-electron chi connectivity index (χ3n) is 4.72. The number of aromatic amines is 3. The minimum absolute atomic E-state index is 0.130. The number of imidazole rings is 1. The molecule has 4 rings (SSSR count). The van der Waals surface area contributed by atoms with E-state index in [4.69, 9.17) is 5.73 Å². The van der Waals surface area contributed by atoms with Crippen molar-refractivity contribution in [3.8, 4) is 0 Å². The van der Waals surface area contributed by atoms with Crippen molar-refractivity contribution in [1.82, 2.24) is 15.0 Å². The topological polar surface area (TPSA) is 118 Å². The molecule has 2 aromatic heterocycles. The number of hydrogen-bond acceptors (Lipinski definition) is 4. The smallest absolute Gasteiger partial charge is 0.353 e. The molecule has 3 aromatic rings. The van der Waals surface area contributed by atoms with E-state index in [2.05, 4.69) is 25.3 Å². The Hall–Kier alpha value is -2.61. The van der Waals surface area contributed by atoms with Crippen LogP contribution in [-0.2, 0) is 0 Å². The molecule has 1 aromatic carbocycles. The van der Waals surface area contributed by atoms with Gasteiger partial charge < -0.3 is 10.6 Å². The minimum atomic E-state index is -0.225. The SMILES string of the molecule is Nc1nc2cc3[nH+]c(NCC[NH+]4CCCCC4)[nH]c3cc2c(=O)[nH]1. The number of aromatic nitrogens is 4. The lowest BCUT2D eigenvalue weighted by molar-refractivity contribution is -0.903. The van der Waals surface area contributed by atoms with Crippen LogP contribution in [-0.4, -0.2) is 41.1 Å². The predicted molar refractivity (Wildman–Crippen MR) is 93.1 cm³/mol. The molecule has 7 N–H and O–H groups in total. The van der Waals surface area contributed by atoms with E-state index >= 15 is 0 Å². The third kappa shape index (κ3) is 2.92. The highest BCUT2D eigenvalue weighted by atomic mass is 16.1. The minimum Gasteiger partial charge on any atom is -0.369 e. The second-order valence-corrected chi connectivity index (χ2v) is 6.48. The number of fused-ring (bicyclic) bond motifs is 2. The Bertz CT molecular complexity index is 923. The summed E-state index contributed by atoms with van der Waals surface area (Å²) >= 11 is 0. The number of nitrogens with one attached hydrogen (secondary N) is 5. The van der Waals surface area contributed by atoms with Crippen LogP contribution in [0.2, 0.25) is 0 Å². The van der Waals surface area contributed by atoms with Crippen LogP contribution >= 0.6 is 0 Å². The quantitative estimate of drug-likeness (QED) is 0.434. The normalized spacial score (nSPS) is 16.0. The summed E-state index contributed by atoms with van der Waals surface area (Å²) in [6.45, 7) is 4.58. The van der Waals surface area contributed by atoms with E-state index in [0.717, 1.165) is 30.1 Å². The zero-order chi connectivity index (χ0) is 16.5. The average Bonchev–Trinajstić information content (AvgIpc) is 2.96. The number of quaternary nitrogens is 1. The number of H-pyrrole nitrogens is 3. The van der Waals surface area contributed by atoms with Gasteiger partial charge in [0.05, 0.1) is 24.0 Å². The first-order chi connectivity index (χ1) is 11.7. The molecule has 1 fully saturated rings. The average molecular weight is 329 g/mol. The van der Waals surface area contributed by atoms with Gasteiger partial charge in [0.1, 0.15) is 24.1 Å². The molecule has 0 bridgehead atoms. The number of benzene rings is 1. The number of hydrogen-bond donors (Lipinski definition) is 5. The fourth-order valence-corrected chi connectivity index (χ4v) is 3.47. The molecule has 1 saturated heterocycles. The van der Waals surface area contributed by atoms with Crippen molar-refractivity contribution < 1.29 is 9.88 Å². The molecule has 0 aliphatic carbocycles. The molecule has 0 radical (unpaired) electrons. The molecule has 0 amide bonds. The molecule has 8 heteroatoms. The molecule has 24 heavy (non-hydrogen) atoms. The van der Waals surface area contributed by atoms with Crippen LogP contribution in [0, 0.1) is 0 Å². The summed E-state index contributed by atoms with van der Waals surface area (Å²) in [5, 5.41) is 3.92. The van der Waals surface area contributed by atoms with E-state index < -0.39 is 0 Å². The Balaban J connectivity index is 1.53. The van der Waals surface area contributed by atoms with Gasteiger partial charge >= 0.3 is 5.95 Å². The number of piperidine rings is 1. The molecule has 8 nitrogen and oxygen atoms in total. The van der Waals surface area contributed by atoms with Crippen LogP contribution in [0.15, 0.2) is 16.9 Å². The zero-order valence-electron chi connectivity index (χ0n) is 13.5. The van der Waals surface area contributed by atoms with Crippen molar-refractivity contribution in [1.29, 1.82) is 0 Å². The molecule has 0 spiro atoms. The van der Waals surface area contributed by atoms with Gasteiger partial charge in [-0.1, -0.05) is 0 Å². The van der Waals surface area contributed by atoms with Crippen molar-refractivity contribution in [3.63, 3.8) is 0 Å². The highest BCUT2D eigenvalue weighted by Crippen LogP contribution is 2.16. The third-order valence-corrected chi connectivity index (χ3v) is 4.72. The van der Waals surface area contributed by atoms with Crippen molar-refractivity contribution in [2.24, 2.45) is 0 Å². The molecule has 126 valence electrons. The van der Waals surface area contributed by atoms with Crippen LogP contribution in [0.25, 0.3) is 21.9 Å². The van der Waals surface area contributed by atoms with Gasteiger partial charge in [-0.25, -0.2) is 15.0 Å². The maximum absolute atomic E-state index is 12.0. The summed E-state index contributed by atoms with van der Waals surface area (Å²) in [6, 6.07) is 3.64. The van der Waals surface area contributed by atoms with Gasteiger partial charge in [-0.2, -0.15) is 0 Å². The Morgan fingerprint density at radius 3 is 2.92 bits per heavy atom. The summed E-state index contributed by atoms with van der Waals surface area (Å²) < 4.78 is 0. The lowest BCUT2D eigenvalue weighted by Crippen LogP contribution is -3.13. The van der Waals surface area contributed by atoms with Gasteiger partial charge in [0.2, 0.25) is 5.95 Å². The van der Waals surface area contributed by atoms with E-state index in [0.29, 0.717) is 10.9 Å². The summed E-state index contributed by atoms with van der Waals surface area (Å²) in [7, 11) is 0. The zero-order valence-corrected chi connectivity index (χ0v) is 13.5. The molecular weight excluding hydrogens is 306 g/mol. The van der Waals surface area contributed by atoms with Crippen LogP contribution in [0.3, 0.4) is 0 Å². The first-order valence-electron chi connectivity index (χ1n) is 8.51. The monoisotopic (exact) mass is 329 g/mol. The van der Waals surface area contributed by atoms with Gasteiger partial charge in [0.15, 0.2) is 0 Å². The lowest BCUT2D eigenvalue weighted by Gasteiger charge is -2.22. The van der Waals surface area contributed by atoms with Crippen LogP contribution in [0.1, 0.15) is 19.3 Å². The van der Waals surface area contributed by atoms with E-state index in [1.165, 1.54) is 32.4 Å². The maximum Gasteiger partial charge on any atom is 0.353 e. The Morgan fingerprint density at radius 2 is 2.08 bits per heavy atom. The molecule has 3 heterocycles. The van der Waals surface area contributed by atoms with Crippen molar-refractivity contribution >= 4 is 33.8 Å². The largest absolute Gasteiger partial charge is 0.369 e. The Labute approximate surface area is 138 Å². The van der Waals surface area contributed by atoms with Crippen molar-refractivity contribution in [2.75, 3.05) is 37.2 Å². The second kappa shape index (κ2) is 6.12. The first kappa shape index (κ1) is 14.9. The molecule has 0 unspecified atom stereocenters. The number of likely N-dealkylation sites (tertiary alicyclic amines) is 1. The lowest BCUT2D eigenvalue weighted by atomic mass is 10.1. The number of anilines is 2.